The molecule has 1 aromatic heterocycles. The summed E-state index contributed by atoms with van der Waals surface area (Å²) < 4.78 is 10.4. The molecule has 0 saturated heterocycles. The lowest BCUT2D eigenvalue weighted by Crippen LogP contribution is -2.32. The summed E-state index contributed by atoms with van der Waals surface area (Å²) in [5.74, 6) is 2.46. The second-order valence-corrected chi connectivity index (χ2v) is 6.81. The second-order valence-electron chi connectivity index (χ2n) is 5.48. The average Bonchev–Trinajstić information content (AvgIpc) is 3.26. The molecule has 122 valence electrons. The van der Waals surface area contributed by atoms with Crippen LogP contribution in [0.2, 0.25) is 0 Å². The first-order chi connectivity index (χ1) is 11.2. The van der Waals surface area contributed by atoms with E-state index in [1.807, 2.05) is 31.2 Å². The molecule has 6 nitrogen and oxygen atoms in total. The molecule has 1 N–H and O–H groups in total. The van der Waals surface area contributed by atoms with E-state index in [4.69, 9.17) is 9.26 Å². The monoisotopic (exact) mass is 333 g/mol. The van der Waals surface area contributed by atoms with Gasteiger partial charge in [-0.1, -0.05) is 5.16 Å². The molecule has 1 aromatic carbocycles. The van der Waals surface area contributed by atoms with Gasteiger partial charge in [-0.15, -0.1) is 11.8 Å². The summed E-state index contributed by atoms with van der Waals surface area (Å²) in [4.78, 5) is 16.3. The van der Waals surface area contributed by atoms with Gasteiger partial charge in [0.25, 0.3) is 5.89 Å². The lowest BCUT2D eigenvalue weighted by atomic mass is 10.2. The van der Waals surface area contributed by atoms with Crippen molar-refractivity contribution in [3.63, 3.8) is 0 Å². The Labute approximate surface area is 139 Å². The zero-order chi connectivity index (χ0) is 16.2. The highest BCUT2D eigenvalue weighted by atomic mass is 32.2. The number of carbonyl (C=O) groups excluding carboxylic acids is 1. The number of benzene rings is 1. The predicted molar refractivity (Wildman–Crippen MR) is 88.2 cm³/mol. The molecular formula is C16H19N3O3S. The number of aromatic nitrogens is 2. The SMILES string of the molecule is COc1ccc(-c2nc(CS[C@H](C)C(=O)NC3CC3)no2)cc1. The molecule has 1 fully saturated rings. The van der Waals surface area contributed by atoms with Gasteiger partial charge in [-0.3, -0.25) is 4.79 Å². The van der Waals surface area contributed by atoms with Crippen LogP contribution in [0.1, 0.15) is 25.6 Å². The van der Waals surface area contributed by atoms with E-state index >= 15 is 0 Å². The molecule has 1 amide bonds. The highest BCUT2D eigenvalue weighted by Crippen LogP contribution is 2.24. The molecule has 1 saturated carbocycles. The lowest BCUT2D eigenvalue weighted by Gasteiger charge is -2.09. The molecule has 0 spiro atoms. The van der Waals surface area contributed by atoms with Crippen molar-refractivity contribution in [2.75, 3.05) is 7.11 Å². The maximum atomic E-state index is 11.9. The largest absolute Gasteiger partial charge is 0.497 e. The Hall–Kier alpha value is -2.02. The first-order valence-corrected chi connectivity index (χ1v) is 8.59. The maximum absolute atomic E-state index is 11.9. The van der Waals surface area contributed by atoms with Crippen LogP contribution in [0.15, 0.2) is 28.8 Å². The first-order valence-electron chi connectivity index (χ1n) is 7.54. The van der Waals surface area contributed by atoms with Gasteiger partial charge in [0.2, 0.25) is 5.91 Å². The molecule has 7 heteroatoms. The second kappa shape index (κ2) is 7.04. The van der Waals surface area contributed by atoms with Crippen LogP contribution in [0.3, 0.4) is 0 Å². The summed E-state index contributed by atoms with van der Waals surface area (Å²) in [6, 6.07) is 7.82. The quantitative estimate of drug-likeness (QED) is 0.839. The van der Waals surface area contributed by atoms with Crippen LogP contribution in [0.25, 0.3) is 11.5 Å². The number of ether oxygens (including phenoxy) is 1. The third-order valence-electron chi connectivity index (χ3n) is 3.56. The van der Waals surface area contributed by atoms with Crippen LogP contribution in [0.4, 0.5) is 0 Å². The van der Waals surface area contributed by atoms with Gasteiger partial charge >= 0.3 is 0 Å². The molecule has 3 rings (SSSR count). The van der Waals surface area contributed by atoms with E-state index in [9.17, 15) is 4.79 Å². The van der Waals surface area contributed by atoms with Gasteiger partial charge in [0.1, 0.15) is 5.75 Å². The number of hydrogen-bond donors (Lipinski definition) is 1. The number of nitrogens with one attached hydrogen (secondary N) is 1. The molecule has 1 heterocycles. The molecule has 1 aliphatic rings. The fraction of sp³-hybridized carbons (Fsp3) is 0.438. The standard InChI is InChI=1S/C16H19N3O3S/c1-10(15(20)17-12-5-6-12)23-9-14-18-16(22-19-14)11-3-7-13(21-2)8-4-11/h3-4,7-8,10,12H,5-6,9H2,1-2H3,(H,17,20)/t10-/m1/s1. The van der Waals surface area contributed by atoms with Gasteiger partial charge in [0, 0.05) is 11.6 Å². The van der Waals surface area contributed by atoms with E-state index in [1.165, 1.54) is 11.8 Å². The molecule has 0 aliphatic heterocycles. The Morgan fingerprint density at radius 1 is 1.43 bits per heavy atom. The van der Waals surface area contributed by atoms with E-state index in [0.29, 0.717) is 23.5 Å². The number of amides is 1. The number of thioether (sulfide) groups is 1. The van der Waals surface area contributed by atoms with Crippen molar-refractivity contribution >= 4 is 17.7 Å². The molecule has 2 aromatic rings. The van der Waals surface area contributed by atoms with Crippen molar-refractivity contribution in [1.29, 1.82) is 0 Å². The first kappa shape index (κ1) is 15.9. The number of carbonyl (C=O) groups is 1. The summed E-state index contributed by atoms with van der Waals surface area (Å²) in [6.07, 6.45) is 2.19. The average molecular weight is 333 g/mol. The van der Waals surface area contributed by atoms with Gasteiger partial charge in [-0.05, 0) is 44.0 Å². The van der Waals surface area contributed by atoms with Crippen LogP contribution in [0.5, 0.6) is 5.75 Å². The van der Waals surface area contributed by atoms with Crippen molar-refractivity contribution in [2.24, 2.45) is 0 Å². The number of nitrogens with zero attached hydrogens (tertiary/aromatic N) is 2. The number of methoxy groups -OCH3 is 1. The molecule has 1 aliphatic carbocycles. The minimum absolute atomic E-state index is 0.0800. The Morgan fingerprint density at radius 3 is 2.83 bits per heavy atom. The van der Waals surface area contributed by atoms with Crippen molar-refractivity contribution in [2.45, 2.75) is 36.8 Å². The highest BCUT2D eigenvalue weighted by Gasteiger charge is 2.26. The molecule has 1 atom stereocenters. The Kier molecular flexibility index (Phi) is 4.85. The fourth-order valence-electron chi connectivity index (χ4n) is 1.98. The molecule has 0 radical (unpaired) electrons. The zero-order valence-electron chi connectivity index (χ0n) is 13.1. The Morgan fingerprint density at radius 2 is 2.17 bits per heavy atom. The fourth-order valence-corrected chi connectivity index (χ4v) is 2.72. The zero-order valence-corrected chi connectivity index (χ0v) is 13.9. The van der Waals surface area contributed by atoms with E-state index < -0.39 is 0 Å². The molecular weight excluding hydrogens is 314 g/mol. The topological polar surface area (TPSA) is 77.2 Å². The van der Waals surface area contributed by atoms with Gasteiger partial charge < -0.3 is 14.6 Å². The van der Waals surface area contributed by atoms with Crippen LogP contribution in [-0.4, -0.2) is 34.4 Å². The van der Waals surface area contributed by atoms with Gasteiger partial charge in [0.15, 0.2) is 5.82 Å². The summed E-state index contributed by atoms with van der Waals surface area (Å²) in [6.45, 7) is 1.90. The molecule has 0 bridgehead atoms. The van der Waals surface area contributed by atoms with E-state index in [2.05, 4.69) is 15.5 Å². The highest BCUT2D eigenvalue weighted by molar-refractivity contribution is 7.99. The van der Waals surface area contributed by atoms with Crippen LogP contribution >= 0.6 is 11.8 Å². The molecule has 0 unspecified atom stereocenters. The summed E-state index contributed by atoms with van der Waals surface area (Å²) >= 11 is 1.50. The third-order valence-corrected chi connectivity index (χ3v) is 4.70. The lowest BCUT2D eigenvalue weighted by molar-refractivity contribution is -0.120. The summed E-state index contributed by atoms with van der Waals surface area (Å²) in [7, 11) is 1.62. The van der Waals surface area contributed by atoms with Crippen LogP contribution < -0.4 is 10.1 Å². The van der Waals surface area contributed by atoms with Crippen molar-refractivity contribution in [3.05, 3.63) is 30.1 Å². The van der Waals surface area contributed by atoms with Gasteiger partial charge in [-0.25, -0.2) is 0 Å². The summed E-state index contributed by atoms with van der Waals surface area (Å²) in [5.41, 5.74) is 0.842. The van der Waals surface area contributed by atoms with Crippen molar-refractivity contribution in [1.82, 2.24) is 15.5 Å². The predicted octanol–water partition coefficient (Wildman–Crippen LogP) is 2.65. The maximum Gasteiger partial charge on any atom is 0.257 e. The minimum atomic E-state index is -0.126. The van der Waals surface area contributed by atoms with E-state index in [0.717, 1.165) is 24.2 Å². The third kappa shape index (κ3) is 4.25. The smallest absolute Gasteiger partial charge is 0.257 e. The van der Waals surface area contributed by atoms with Crippen LogP contribution in [-0.2, 0) is 10.5 Å². The number of hydrogen-bond acceptors (Lipinski definition) is 6. The minimum Gasteiger partial charge on any atom is -0.497 e. The van der Waals surface area contributed by atoms with Gasteiger partial charge in [0.05, 0.1) is 18.1 Å². The van der Waals surface area contributed by atoms with E-state index in [-0.39, 0.29) is 11.2 Å². The number of rotatable bonds is 7. The summed E-state index contributed by atoms with van der Waals surface area (Å²) in [5, 5.41) is 6.84. The van der Waals surface area contributed by atoms with Crippen LogP contribution in [0, 0.1) is 0 Å². The normalized spacial score (nSPS) is 15.2. The van der Waals surface area contributed by atoms with Gasteiger partial charge in [-0.2, -0.15) is 4.98 Å². The molecule has 23 heavy (non-hydrogen) atoms. The Balaban J connectivity index is 1.54. The van der Waals surface area contributed by atoms with Crippen molar-refractivity contribution in [3.8, 4) is 17.2 Å². The Bertz CT molecular complexity index is 667. The van der Waals surface area contributed by atoms with E-state index in [1.54, 1.807) is 7.11 Å². The van der Waals surface area contributed by atoms with Crippen molar-refractivity contribution < 1.29 is 14.1 Å².